The fourth-order valence-electron chi connectivity index (χ4n) is 1.71. The van der Waals surface area contributed by atoms with Crippen molar-refractivity contribution in [3.05, 3.63) is 16.5 Å². The summed E-state index contributed by atoms with van der Waals surface area (Å²) in [6.07, 6.45) is 3.52. The van der Waals surface area contributed by atoms with Gasteiger partial charge in [-0.25, -0.2) is 9.97 Å². The van der Waals surface area contributed by atoms with Crippen LogP contribution in [0.5, 0.6) is 0 Å². The molecule has 0 bridgehead atoms. The second-order valence-electron chi connectivity index (χ2n) is 4.57. The molecule has 0 spiro atoms. The van der Waals surface area contributed by atoms with Gasteiger partial charge in [-0.1, -0.05) is 18.5 Å². The molecule has 0 saturated heterocycles. The van der Waals surface area contributed by atoms with Crippen LogP contribution in [0.25, 0.3) is 0 Å². The number of rotatable bonds is 7. The molecule has 102 valence electrons. The van der Waals surface area contributed by atoms with Crippen LogP contribution in [0.4, 0.5) is 5.82 Å². The van der Waals surface area contributed by atoms with Crippen LogP contribution >= 0.6 is 11.6 Å². The van der Waals surface area contributed by atoms with E-state index in [0.29, 0.717) is 5.15 Å². The van der Waals surface area contributed by atoms with E-state index in [4.69, 9.17) is 16.7 Å². The lowest BCUT2D eigenvalue weighted by Crippen LogP contribution is -2.18. The molecule has 0 aliphatic rings. The quantitative estimate of drug-likeness (QED) is 0.749. The smallest absolute Gasteiger partial charge is 0.137 e. The summed E-state index contributed by atoms with van der Waals surface area (Å²) in [5.41, 5.74) is 0.882. The van der Waals surface area contributed by atoms with Crippen molar-refractivity contribution in [3.8, 4) is 0 Å². The Morgan fingerprint density at radius 1 is 1.39 bits per heavy atom. The van der Waals surface area contributed by atoms with Crippen LogP contribution < -0.4 is 5.32 Å². The van der Waals surface area contributed by atoms with Crippen molar-refractivity contribution in [1.82, 2.24) is 9.97 Å². The van der Waals surface area contributed by atoms with Crippen LogP contribution in [0, 0.1) is 6.92 Å². The zero-order valence-electron chi connectivity index (χ0n) is 11.3. The number of aromatic nitrogens is 2. The van der Waals surface area contributed by atoms with Crippen LogP contribution in [0.2, 0.25) is 5.15 Å². The van der Waals surface area contributed by atoms with E-state index >= 15 is 0 Å². The Balaban J connectivity index is 2.79. The molecular formula is C13H22ClN3O. The van der Waals surface area contributed by atoms with E-state index in [9.17, 15) is 0 Å². The molecule has 0 aliphatic carbocycles. The van der Waals surface area contributed by atoms with Crippen molar-refractivity contribution >= 4 is 17.4 Å². The van der Waals surface area contributed by atoms with Crippen molar-refractivity contribution in [3.63, 3.8) is 0 Å². The minimum Gasteiger partial charge on any atom is -0.396 e. The number of aryl methyl sites for hydroxylation is 1. The Bertz CT molecular complexity index is 385. The van der Waals surface area contributed by atoms with Gasteiger partial charge in [-0.2, -0.15) is 0 Å². The average Bonchev–Trinajstić information content (AvgIpc) is 2.33. The third-order valence-electron chi connectivity index (χ3n) is 2.78. The van der Waals surface area contributed by atoms with Crippen molar-refractivity contribution < 1.29 is 5.11 Å². The molecule has 4 nitrogen and oxygen atoms in total. The molecule has 0 fully saturated rings. The molecule has 1 unspecified atom stereocenters. The molecule has 1 aromatic heterocycles. The Morgan fingerprint density at radius 3 is 2.72 bits per heavy atom. The van der Waals surface area contributed by atoms with Crippen LogP contribution in [-0.2, 0) is 6.42 Å². The molecule has 0 radical (unpaired) electrons. The minimum absolute atomic E-state index is 0.219. The Morgan fingerprint density at radius 2 is 2.11 bits per heavy atom. The summed E-state index contributed by atoms with van der Waals surface area (Å²) in [6.45, 7) is 6.30. The summed E-state index contributed by atoms with van der Waals surface area (Å²) >= 11 is 6.11. The maximum Gasteiger partial charge on any atom is 0.137 e. The fourth-order valence-corrected chi connectivity index (χ4v) is 1.90. The first kappa shape index (κ1) is 15.2. The predicted molar refractivity (Wildman–Crippen MR) is 75.2 cm³/mol. The van der Waals surface area contributed by atoms with E-state index in [-0.39, 0.29) is 12.6 Å². The highest BCUT2D eigenvalue weighted by Gasteiger charge is 2.11. The lowest BCUT2D eigenvalue weighted by Gasteiger charge is -2.16. The molecule has 1 atom stereocenters. The van der Waals surface area contributed by atoms with Gasteiger partial charge in [0.25, 0.3) is 0 Å². The number of hydrogen-bond acceptors (Lipinski definition) is 4. The number of hydrogen-bond donors (Lipinski definition) is 2. The van der Waals surface area contributed by atoms with Gasteiger partial charge in [-0.05, 0) is 33.1 Å². The average molecular weight is 272 g/mol. The number of halogens is 1. The molecule has 1 heterocycles. The molecule has 0 aromatic carbocycles. The first-order valence-electron chi connectivity index (χ1n) is 6.48. The van der Waals surface area contributed by atoms with Gasteiger partial charge in [-0.15, -0.1) is 0 Å². The summed E-state index contributed by atoms with van der Waals surface area (Å²) in [5.74, 6) is 1.59. The van der Waals surface area contributed by atoms with E-state index < -0.39 is 0 Å². The second-order valence-corrected chi connectivity index (χ2v) is 4.92. The predicted octanol–water partition coefficient (Wildman–Crippen LogP) is 2.96. The van der Waals surface area contributed by atoms with Crippen molar-refractivity contribution in [1.29, 1.82) is 0 Å². The van der Waals surface area contributed by atoms with Crippen molar-refractivity contribution in [2.24, 2.45) is 0 Å². The van der Waals surface area contributed by atoms with Gasteiger partial charge in [0.05, 0.1) is 0 Å². The zero-order valence-corrected chi connectivity index (χ0v) is 12.1. The Hall–Kier alpha value is -0.870. The van der Waals surface area contributed by atoms with E-state index in [1.54, 1.807) is 0 Å². The van der Waals surface area contributed by atoms with Gasteiger partial charge >= 0.3 is 0 Å². The summed E-state index contributed by atoms with van der Waals surface area (Å²) in [4.78, 5) is 8.77. The van der Waals surface area contributed by atoms with Crippen LogP contribution in [0.3, 0.4) is 0 Å². The van der Waals surface area contributed by atoms with Crippen LogP contribution in [-0.4, -0.2) is 27.7 Å². The highest BCUT2D eigenvalue weighted by molar-refractivity contribution is 6.30. The molecule has 1 rings (SSSR count). The molecule has 0 aliphatic heterocycles. The summed E-state index contributed by atoms with van der Waals surface area (Å²) in [6, 6.07) is 0.260. The van der Waals surface area contributed by atoms with Gasteiger partial charge in [-0.3, -0.25) is 0 Å². The SMILES string of the molecule is CCCc1nc(Cl)c(C)c(NC(C)CCCO)n1. The van der Waals surface area contributed by atoms with E-state index in [1.165, 1.54) is 0 Å². The van der Waals surface area contributed by atoms with Crippen LogP contribution in [0.15, 0.2) is 0 Å². The molecule has 1 aromatic rings. The monoisotopic (exact) mass is 271 g/mol. The first-order chi connectivity index (χ1) is 8.58. The summed E-state index contributed by atoms with van der Waals surface area (Å²) in [5, 5.41) is 12.7. The lowest BCUT2D eigenvalue weighted by molar-refractivity contribution is 0.282. The number of anilines is 1. The molecule has 0 amide bonds. The standard InChI is InChI=1S/C13H22ClN3O/c1-4-6-11-16-12(14)10(3)13(17-11)15-9(2)7-5-8-18/h9,18H,4-8H2,1-3H3,(H,15,16,17). The van der Waals surface area contributed by atoms with E-state index in [0.717, 1.165) is 42.9 Å². The highest BCUT2D eigenvalue weighted by atomic mass is 35.5. The number of nitrogens with zero attached hydrogens (tertiary/aromatic N) is 2. The minimum atomic E-state index is 0.219. The summed E-state index contributed by atoms with van der Waals surface area (Å²) < 4.78 is 0. The lowest BCUT2D eigenvalue weighted by atomic mass is 10.2. The third kappa shape index (κ3) is 4.42. The third-order valence-corrected chi connectivity index (χ3v) is 3.15. The van der Waals surface area contributed by atoms with E-state index in [2.05, 4.69) is 29.1 Å². The first-order valence-corrected chi connectivity index (χ1v) is 6.86. The maximum atomic E-state index is 8.82. The Kier molecular flexibility index (Phi) is 6.36. The fraction of sp³-hybridized carbons (Fsp3) is 0.692. The summed E-state index contributed by atoms with van der Waals surface area (Å²) in [7, 11) is 0. The van der Waals surface area contributed by atoms with Gasteiger partial charge in [0.15, 0.2) is 0 Å². The Labute approximate surface area is 114 Å². The van der Waals surface area contributed by atoms with Gasteiger partial charge in [0.1, 0.15) is 16.8 Å². The largest absolute Gasteiger partial charge is 0.396 e. The normalized spacial score (nSPS) is 12.5. The maximum absolute atomic E-state index is 8.82. The zero-order chi connectivity index (χ0) is 13.5. The van der Waals surface area contributed by atoms with Crippen molar-refractivity contribution in [2.45, 2.75) is 52.5 Å². The molecule has 5 heteroatoms. The second kappa shape index (κ2) is 7.54. The number of aliphatic hydroxyl groups excluding tert-OH is 1. The number of nitrogens with one attached hydrogen (secondary N) is 1. The van der Waals surface area contributed by atoms with Gasteiger partial charge in [0, 0.05) is 24.6 Å². The topological polar surface area (TPSA) is 58.0 Å². The van der Waals surface area contributed by atoms with Gasteiger partial charge < -0.3 is 10.4 Å². The number of aliphatic hydroxyl groups is 1. The van der Waals surface area contributed by atoms with Gasteiger partial charge in [0.2, 0.25) is 0 Å². The van der Waals surface area contributed by atoms with Crippen molar-refractivity contribution in [2.75, 3.05) is 11.9 Å². The molecule has 2 N–H and O–H groups in total. The van der Waals surface area contributed by atoms with E-state index in [1.807, 2.05) is 6.92 Å². The molecule has 0 saturated carbocycles. The van der Waals surface area contributed by atoms with Crippen LogP contribution in [0.1, 0.15) is 44.5 Å². The molecular weight excluding hydrogens is 250 g/mol. The highest BCUT2D eigenvalue weighted by Crippen LogP contribution is 2.21. The molecule has 18 heavy (non-hydrogen) atoms.